The molecule has 1 amide bonds. The number of aryl methyl sites for hydroxylation is 2. The summed E-state index contributed by atoms with van der Waals surface area (Å²) in [4.78, 5) is 12.4. The number of furan rings is 1. The van der Waals surface area contributed by atoms with Crippen LogP contribution in [0.3, 0.4) is 0 Å². The summed E-state index contributed by atoms with van der Waals surface area (Å²) in [7, 11) is 0. The van der Waals surface area contributed by atoms with Crippen LogP contribution in [0.15, 0.2) is 52.9 Å². The highest BCUT2D eigenvalue weighted by Gasteiger charge is 2.14. The lowest BCUT2D eigenvalue weighted by Crippen LogP contribution is -2.12. The molecule has 2 aromatic carbocycles. The van der Waals surface area contributed by atoms with Gasteiger partial charge in [-0.25, -0.2) is 0 Å². The molecule has 1 heterocycles. The van der Waals surface area contributed by atoms with E-state index in [0.717, 1.165) is 22.4 Å². The van der Waals surface area contributed by atoms with Crippen molar-refractivity contribution in [2.24, 2.45) is 0 Å². The van der Waals surface area contributed by atoms with Crippen LogP contribution in [0.4, 0.5) is 5.69 Å². The Kier molecular flexibility index (Phi) is 4.96. The van der Waals surface area contributed by atoms with E-state index < -0.39 is 0 Å². The Hall–Kier alpha value is -1.79. The number of hydrogen-bond acceptors (Lipinski definition) is 2. The quantitative estimate of drug-likeness (QED) is 0.491. The molecule has 0 aliphatic rings. The highest BCUT2D eigenvalue weighted by molar-refractivity contribution is 14.1. The van der Waals surface area contributed by atoms with Crippen molar-refractivity contribution in [3.8, 4) is 11.3 Å². The van der Waals surface area contributed by atoms with Crippen LogP contribution in [0.25, 0.3) is 11.3 Å². The fraction of sp³-hybridized carbons (Fsp3) is 0.105. The van der Waals surface area contributed by atoms with E-state index in [4.69, 9.17) is 16.0 Å². The number of nitrogens with one attached hydrogen (secondary N) is 1. The predicted octanol–water partition coefficient (Wildman–Crippen LogP) is 6.07. The molecule has 0 saturated carbocycles. The van der Waals surface area contributed by atoms with Gasteiger partial charge in [-0.2, -0.15) is 0 Å². The lowest BCUT2D eigenvalue weighted by Gasteiger charge is -2.09. The summed E-state index contributed by atoms with van der Waals surface area (Å²) in [6.07, 6.45) is 0. The fourth-order valence-electron chi connectivity index (χ4n) is 2.33. The molecule has 0 fully saturated rings. The van der Waals surface area contributed by atoms with Gasteiger partial charge < -0.3 is 9.73 Å². The minimum absolute atomic E-state index is 0.265. The normalized spacial score (nSPS) is 10.7. The molecule has 0 atom stereocenters. The van der Waals surface area contributed by atoms with E-state index in [1.54, 1.807) is 24.3 Å². The van der Waals surface area contributed by atoms with Gasteiger partial charge in [0.05, 0.1) is 0 Å². The monoisotopic (exact) mass is 451 g/mol. The summed E-state index contributed by atoms with van der Waals surface area (Å²) < 4.78 is 6.85. The summed E-state index contributed by atoms with van der Waals surface area (Å²) in [5.74, 6) is 0.641. The zero-order chi connectivity index (χ0) is 17.3. The van der Waals surface area contributed by atoms with Crippen molar-refractivity contribution in [2.75, 3.05) is 5.32 Å². The molecule has 0 radical (unpaired) electrons. The Bertz CT molecular complexity index is 900. The molecule has 122 valence electrons. The molecule has 0 unspecified atom stereocenters. The number of rotatable bonds is 3. The standard InChI is InChI=1S/C19H15ClINO2/c1-11-10-16(12(2)9-15(11)21)22-19(23)18-8-7-17(24-18)13-3-5-14(20)6-4-13/h3-10H,1-2H3,(H,22,23). The van der Waals surface area contributed by atoms with Crippen LogP contribution in [0.1, 0.15) is 21.7 Å². The maximum absolute atomic E-state index is 12.4. The molecule has 1 aromatic heterocycles. The van der Waals surface area contributed by atoms with Crippen LogP contribution in [0.2, 0.25) is 5.02 Å². The third-order valence-corrected chi connectivity index (χ3v) is 5.13. The smallest absolute Gasteiger partial charge is 0.291 e. The largest absolute Gasteiger partial charge is 0.451 e. The number of benzene rings is 2. The van der Waals surface area contributed by atoms with Gasteiger partial charge >= 0.3 is 0 Å². The molecule has 3 rings (SSSR count). The van der Waals surface area contributed by atoms with Crippen molar-refractivity contribution in [3.05, 3.63) is 74.0 Å². The van der Waals surface area contributed by atoms with Crippen LogP contribution in [-0.4, -0.2) is 5.91 Å². The van der Waals surface area contributed by atoms with Crippen molar-refractivity contribution in [3.63, 3.8) is 0 Å². The third kappa shape index (κ3) is 3.65. The zero-order valence-corrected chi connectivity index (χ0v) is 16.1. The minimum Gasteiger partial charge on any atom is -0.451 e. The van der Waals surface area contributed by atoms with Gasteiger partial charge in [0.2, 0.25) is 0 Å². The summed E-state index contributed by atoms with van der Waals surface area (Å²) in [5.41, 5.74) is 3.81. The fourth-order valence-corrected chi connectivity index (χ4v) is 3.08. The molecule has 24 heavy (non-hydrogen) atoms. The third-order valence-electron chi connectivity index (χ3n) is 3.71. The van der Waals surface area contributed by atoms with Crippen molar-refractivity contribution >= 4 is 45.8 Å². The first-order chi connectivity index (χ1) is 11.4. The summed E-state index contributed by atoms with van der Waals surface area (Å²) >= 11 is 8.17. The molecule has 0 spiro atoms. The van der Waals surface area contributed by atoms with Crippen LogP contribution in [0, 0.1) is 17.4 Å². The second kappa shape index (κ2) is 6.99. The topological polar surface area (TPSA) is 42.2 Å². The van der Waals surface area contributed by atoms with E-state index in [9.17, 15) is 4.79 Å². The molecule has 5 heteroatoms. The first kappa shape index (κ1) is 17.0. The maximum Gasteiger partial charge on any atom is 0.291 e. The molecular formula is C19H15ClINO2. The number of hydrogen-bond donors (Lipinski definition) is 1. The summed E-state index contributed by atoms with van der Waals surface area (Å²) in [6, 6.07) is 14.8. The Morgan fingerprint density at radius 2 is 1.75 bits per heavy atom. The van der Waals surface area contributed by atoms with Gasteiger partial charge in [-0.1, -0.05) is 11.6 Å². The molecule has 3 aromatic rings. The Morgan fingerprint density at radius 3 is 2.46 bits per heavy atom. The van der Waals surface area contributed by atoms with Gasteiger partial charge in [-0.3, -0.25) is 4.79 Å². The summed E-state index contributed by atoms with van der Waals surface area (Å²) in [5, 5.41) is 3.57. The Labute approximate surface area is 159 Å². The lowest BCUT2D eigenvalue weighted by atomic mass is 10.1. The van der Waals surface area contributed by atoms with Gasteiger partial charge in [0.1, 0.15) is 5.76 Å². The molecular weight excluding hydrogens is 437 g/mol. The second-order valence-corrected chi connectivity index (χ2v) is 7.14. The van der Waals surface area contributed by atoms with Crippen LogP contribution >= 0.6 is 34.2 Å². The average Bonchev–Trinajstić information content (AvgIpc) is 3.03. The Morgan fingerprint density at radius 1 is 1.04 bits per heavy atom. The summed E-state index contributed by atoms with van der Waals surface area (Å²) in [6.45, 7) is 3.99. The predicted molar refractivity (Wildman–Crippen MR) is 106 cm³/mol. The van der Waals surface area contributed by atoms with Crippen molar-refractivity contribution < 1.29 is 9.21 Å². The first-order valence-electron chi connectivity index (χ1n) is 7.38. The molecule has 0 aliphatic carbocycles. The van der Waals surface area contributed by atoms with Crippen LogP contribution in [-0.2, 0) is 0 Å². The molecule has 0 saturated heterocycles. The lowest BCUT2D eigenvalue weighted by molar-refractivity contribution is 0.0997. The first-order valence-corrected chi connectivity index (χ1v) is 8.83. The zero-order valence-electron chi connectivity index (χ0n) is 13.2. The van der Waals surface area contributed by atoms with E-state index >= 15 is 0 Å². The number of anilines is 1. The number of halogens is 2. The van der Waals surface area contributed by atoms with Gasteiger partial charge in [0.25, 0.3) is 5.91 Å². The highest BCUT2D eigenvalue weighted by atomic mass is 127. The molecule has 0 bridgehead atoms. The molecule has 3 nitrogen and oxygen atoms in total. The van der Waals surface area contributed by atoms with Crippen LogP contribution < -0.4 is 5.32 Å². The Balaban J connectivity index is 1.81. The van der Waals surface area contributed by atoms with Gasteiger partial charge in [0, 0.05) is 19.8 Å². The van der Waals surface area contributed by atoms with E-state index in [1.165, 1.54) is 3.57 Å². The second-order valence-electron chi connectivity index (χ2n) is 5.54. The molecule has 1 N–H and O–H groups in total. The number of amides is 1. The SMILES string of the molecule is Cc1cc(NC(=O)c2ccc(-c3ccc(Cl)cc3)o2)c(C)cc1I. The van der Waals surface area contributed by atoms with Crippen molar-refractivity contribution in [1.82, 2.24) is 0 Å². The average molecular weight is 452 g/mol. The maximum atomic E-state index is 12.4. The number of carbonyl (C=O) groups excluding carboxylic acids is 1. The van der Waals surface area contributed by atoms with Crippen molar-refractivity contribution in [2.45, 2.75) is 13.8 Å². The van der Waals surface area contributed by atoms with E-state index in [2.05, 4.69) is 27.9 Å². The van der Waals surface area contributed by atoms with Gasteiger partial charge in [0.15, 0.2) is 5.76 Å². The number of carbonyl (C=O) groups is 1. The van der Waals surface area contributed by atoms with Gasteiger partial charge in [-0.05, 0) is 96.1 Å². The van der Waals surface area contributed by atoms with E-state index in [0.29, 0.717) is 10.8 Å². The van der Waals surface area contributed by atoms with E-state index in [-0.39, 0.29) is 11.7 Å². The van der Waals surface area contributed by atoms with Crippen molar-refractivity contribution in [1.29, 1.82) is 0 Å². The van der Waals surface area contributed by atoms with Gasteiger partial charge in [-0.15, -0.1) is 0 Å². The highest BCUT2D eigenvalue weighted by Crippen LogP contribution is 2.26. The minimum atomic E-state index is -0.265. The van der Waals surface area contributed by atoms with E-state index in [1.807, 2.05) is 38.1 Å². The van der Waals surface area contributed by atoms with Crippen LogP contribution in [0.5, 0.6) is 0 Å². The molecule has 0 aliphatic heterocycles.